The van der Waals surface area contributed by atoms with Gasteiger partial charge in [-0.15, -0.1) is 5.10 Å². The van der Waals surface area contributed by atoms with Crippen LogP contribution in [0, 0.1) is 0 Å². The van der Waals surface area contributed by atoms with E-state index in [9.17, 15) is 0 Å². The number of anilines is 2. The summed E-state index contributed by atoms with van der Waals surface area (Å²) in [6, 6.07) is 10.1. The number of pyridine rings is 1. The molecule has 0 radical (unpaired) electrons. The Kier molecular flexibility index (Phi) is 4.25. The fraction of sp³-hybridized carbons (Fsp3) is 0.400. The molecule has 1 aliphatic heterocycles. The second kappa shape index (κ2) is 6.49. The van der Waals surface area contributed by atoms with E-state index in [0.717, 1.165) is 50.1 Å². The van der Waals surface area contributed by atoms with E-state index >= 15 is 0 Å². The first-order valence-corrected chi connectivity index (χ1v) is 7.25. The van der Waals surface area contributed by atoms with Gasteiger partial charge in [0, 0.05) is 38.9 Å². The standard InChI is InChI=1S/C15H20N6/c1-16-12-13-5-6-15(19-18-13)21-10-8-20(9-11-21)14-4-2-3-7-17-14/h2-7,16H,8-12H2,1H3. The Morgan fingerprint density at radius 2 is 1.71 bits per heavy atom. The maximum atomic E-state index is 4.40. The second-order valence-corrected chi connectivity index (χ2v) is 5.08. The molecule has 0 aliphatic carbocycles. The molecule has 0 unspecified atom stereocenters. The summed E-state index contributed by atoms with van der Waals surface area (Å²) in [5, 5.41) is 11.6. The molecule has 0 saturated carbocycles. The van der Waals surface area contributed by atoms with E-state index in [1.54, 1.807) is 0 Å². The van der Waals surface area contributed by atoms with Crippen molar-refractivity contribution < 1.29 is 0 Å². The van der Waals surface area contributed by atoms with E-state index in [1.165, 1.54) is 0 Å². The van der Waals surface area contributed by atoms with Crippen LogP contribution in [-0.4, -0.2) is 48.4 Å². The lowest BCUT2D eigenvalue weighted by Gasteiger charge is -2.35. The fourth-order valence-corrected chi connectivity index (χ4v) is 2.50. The average molecular weight is 284 g/mol. The highest BCUT2D eigenvalue weighted by Gasteiger charge is 2.19. The van der Waals surface area contributed by atoms with Crippen LogP contribution in [0.15, 0.2) is 36.5 Å². The van der Waals surface area contributed by atoms with Gasteiger partial charge < -0.3 is 15.1 Å². The maximum Gasteiger partial charge on any atom is 0.151 e. The van der Waals surface area contributed by atoms with Gasteiger partial charge in [0.05, 0.1) is 5.69 Å². The Bertz CT molecular complexity index is 548. The molecule has 1 saturated heterocycles. The van der Waals surface area contributed by atoms with E-state index < -0.39 is 0 Å². The van der Waals surface area contributed by atoms with Gasteiger partial charge in [0.25, 0.3) is 0 Å². The van der Waals surface area contributed by atoms with Crippen LogP contribution < -0.4 is 15.1 Å². The van der Waals surface area contributed by atoms with E-state index in [2.05, 4.69) is 42.4 Å². The molecule has 2 aromatic heterocycles. The molecular weight excluding hydrogens is 264 g/mol. The fourth-order valence-electron chi connectivity index (χ4n) is 2.50. The van der Waals surface area contributed by atoms with Crippen LogP contribution in [0.5, 0.6) is 0 Å². The van der Waals surface area contributed by atoms with Crippen LogP contribution in [0.1, 0.15) is 5.69 Å². The lowest BCUT2D eigenvalue weighted by Crippen LogP contribution is -2.47. The topological polar surface area (TPSA) is 57.2 Å². The molecule has 110 valence electrons. The highest BCUT2D eigenvalue weighted by atomic mass is 15.3. The average Bonchev–Trinajstić information content (AvgIpc) is 2.57. The quantitative estimate of drug-likeness (QED) is 0.901. The maximum absolute atomic E-state index is 4.40. The highest BCUT2D eigenvalue weighted by molar-refractivity contribution is 5.44. The summed E-state index contributed by atoms with van der Waals surface area (Å²) >= 11 is 0. The van der Waals surface area contributed by atoms with Gasteiger partial charge in [-0.25, -0.2) is 4.98 Å². The van der Waals surface area contributed by atoms with E-state index in [1.807, 2.05) is 31.4 Å². The molecular formula is C15H20N6. The largest absolute Gasteiger partial charge is 0.353 e. The molecule has 0 atom stereocenters. The number of hydrogen-bond acceptors (Lipinski definition) is 6. The number of nitrogens with one attached hydrogen (secondary N) is 1. The van der Waals surface area contributed by atoms with Gasteiger partial charge in [0.1, 0.15) is 5.82 Å². The van der Waals surface area contributed by atoms with Crippen molar-refractivity contribution >= 4 is 11.6 Å². The van der Waals surface area contributed by atoms with Crippen molar-refractivity contribution in [2.45, 2.75) is 6.54 Å². The third-order valence-corrected chi connectivity index (χ3v) is 3.64. The molecule has 0 bridgehead atoms. The summed E-state index contributed by atoms with van der Waals surface area (Å²) < 4.78 is 0. The molecule has 21 heavy (non-hydrogen) atoms. The first kappa shape index (κ1) is 13.8. The van der Waals surface area contributed by atoms with Gasteiger partial charge >= 0.3 is 0 Å². The number of rotatable bonds is 4. The lowest BCUT2D eigenvalue weighted by atomic mass is 10.3. The summed E-state index contributed by atoms with van der Waals surface area (Å²) in [5.41, 5.74) is 0.966. The molecule has 6 heteroatoms. The Labute approximate surface area is 124 Å². The normalized spacial score (nSPS) is 15.3. The Morgan fingerprint density at radius 3 is 2.29 bits per heavy atom. The molecule has 1 N–H and O–H groups in total. The summed E-state index contributed by atoms with van der Waals surface area (Å²) in [6.07, 6.45) is 1.84. The highest BCUT2D eigenvalue weighted by Crippen LogP contribution is 2.16. The van der Waals surface area contributed by atoms with Crippen molar-refractivity contribution in [3.8, 4) is 0 Å². The molecule has 1 aliphatic rings. The van der Waals surface area contributed by atoms with Gasteiger partial charge in [0.2, 0.25) is 0 Å². The predicted molar refractivity (Wildman–Crippen MR) is 83.5 cm³/mol. The third kappa shape index (κ3) is 3.28. The third-order valence-electron chi connectivity index (χ3n) is 3.64. The van der Waals surface area contributed by atoms with Crippen molar-refractivity contribution in [1.82, 2.24) is 20.5 Å². The van der Waals surface area contributed by atoms with Crippen LogP contribution >= 0.6 is 0 Å². The minimum absolute atomic E-state index is 0.751. The molecule has 0 spiro atoms. The van der Waals surface area contributed by atoms with Crippen LogP contribution in [-0.2, 0) is 6.54 Å². The van der Waals surface area contributed by atoms with E-state index in [-0.39, 0.29) is 0 Å². The second-order valence-electron chi connectivity index (χ2n) is 5.08. The minimum atomic E-state index is 0.751. The zero-order chi connectivity index (χ0) is 14.5. The summed E-state index contributed by atoms with van der Waals surface area (Å²) in [5.74, 6) is 2.00. The van der Waals surface area contributed by atoms with Crippen LogP contribution in [0.3, 0.4) is 0 Å². The van der Waals surface area contributed by atoms with Crippen molar-refractivity contribution in [2.75, 3.05) is 43.0 Å². The van der Waals surface area contributed by atoms with Crippen LogP contribution in [0.4, 0.5) is 11.6 Å². The Hall–Kier alpha value is -2.21. The number of aromatic nitrogens is 3. The first-order valence-electron chi connectivity index (χ1n) is 7.25. The monoisotopic (exact) mass is 284 g/mol. The molecule has 1 fully saturated rings. The zero-order valence-corrected chi connectivity index (χ0v) is 12.2. The molecule has 0 aromatic carbocycles. The summed E-state index contributed by atoms with van der Waals surface area (Å²) in [4.78, 5) is 8.98. The Balaban J connectivity index is 1.60. The summed E-state index contributed by atoms with van der Waals surface area (Å²) in [7, 11) is 1.91. The number of hydrogen-bond donors (Lipinski definition) is 1. The molecule has 0 amide bonds. The van der Waals surface area contributed by atoms with Crippen molar-refractivity contribution in [2.24, 2.45) is 0 Å². The van der Waals surface area contributed by atoms with Gasteiger partial charge in [-0.3, -0.25) is 0 Å². The molecule has 3 heterocycles. The molecule has 2 aromatic rings. The smallest absolute Gasteiger partial charge is 0.151 e. The van der Waals surface area contributed by atoms with Crippen molar-refractivity contribution in [3.63, 3.8) is 0 Å². The SMILES string of the molecule is CNCc1ccc(N2CCN(c3ccccn3)CC2)nn1. The molecule has 3 rings (SSSR count). The van der Waals surface area contributed by atoms with Crippen molar-refractivity contribution in [1.29, 1.82) is 0 Å². The zero-order valence-electron chi connectivity index (χ0n) is 12.2. The van der Waals surface area contributed by atoms with Crippen LogP contribution in [0.25, 0.3) is 0 Å². The van der Waals surface area contributed by atoms with Crippen molar-refractivity contribution in [3.05, 3.63) is 42.2 Å². The van der Waals surface area contributed by atoms with Gasteiger partial charge in [-0.05, 0) is 31.3 Å². The van der Waals surface area contributed by atoms with Gasteiger partial charge in [0.15, 0.2) is 5.82 Å². The lowest BCUT2D eigenvalue weighted by molar-refractivity contribution is 0.636. The van der Waals surface area contributed by atoms with Gasteiger partial charge in [-0.1, -0.05) is 6.07 Å². The summed E-state index contributed by atoms with van der Waals surface area (Å²) in [6.45, 7) is 4.54. The number of nitrogens with zero attached hydrogens (tertiary/aromatic N) is 5. The first-order chi connectivity index (χ1) is 10.4. The Morgan fingerprint density at radius 1 is 0.952 bits per heavy atom. The minimum Gasteiger partial charge on any atom is -0.353 e. The molecule has 6 nitrogen and oxygen atoms in total. The predicted octanol–water partition coefficient (Wildman–Crippen LogP) is 0.918. The number of piperazine rings is 1. The van der Waals surface area contributed by atoms with E-state index in [0.29, 0.717) is 0 Å². The van der Waals surface area contributed by atoms with E-state index in [4.69, 9.17) is 0 Å². The van der Waals surface area contributed by atoms with Crippen LogP contribution in [0.2, 0.25) is 0 Å². The van der Waals surface area contributed by atoms with Gasteiger partial charge in [-0.2, -0.15) is 5.10 Å².